The molecule has 0 bridgehead atoms. The van der Waals surface area contributed by atoms with Crippen LogP contribution in [0.15, 0.2) is 24.3 Å². The lowest BCUT2D eigenvalue weighted by Crippen LogP contribution is -2.49. The fourth-order valence-electron chi connectivity index (χ4n) is 2.56. The number of carbonyl (C=O) groups is 2. The van der Waals surface area contributed by atoms with Crippen molar-refractivity contribution in [3.05, 3.63) is 35.4 Å². The van der Waals surface area contributed by atoms with Crippen LogP contribution in [-0.4, -0.2) is 67.6 Å². The maximum absolute atomic E-state index is 12.5. The Hall–Kier alpha value is -2.43. The number of nitrogens with zero attached hydrogens (tertiary/aromatic N) is 3. The minimum absolute atomic E-state index is 0.0830. The number of hydrogen-bond acceptors (Lipinski definition) is 5. The molecule has 0 spiro atoms. The first-order valence-corrected chi connectivity index (χ1v) is 7.37. The highest BCUT2D eigenvalue weighted by atomic mass is 16.5. The van der Waals surface area contributed by atoms with Crippen molar-refractivity contribution >= 4 is 11.8 Å². The van der Waals surface area contributed by atoms with Crippen LogP contribution in [0.3, 0.4) is 0 Å². The van der Waals surface area contributed by atoms with Crippen LogP contribution in [0.5, 0.6) is 0 Å². The summed E-state index contributed by atoms with van der Waals surface area (Å²) >= 11 is 0. The van der Waals surface area contributed by atoms with E-state index in [4.69, 9.17) is 15.7 Å². The van der Waals surface area contributed by atoms with Crippen LogP contribution in [0.25, 0.3) is 0 Å². The van der Waals surface area contributed by atoms with E-state index in [2.05, 4.69) is 0 Å². The Morgan fingerprint density at radius 2 is 2.13 bits per heavy atom. The predicted molar refractivity (Wildman–Crippen MR) is 83.5 cm³/mol. The molecule has 1 heterocycles. The van der Waals surface area contributed by atoms with E-state index in [1.165, 1.54) is 0 Å². The first-order chi connectivity index (χ1) is 11.0. The molecule has 2 N–H and O–H groups in total. The van der Waals surface area contributed by atoms with E-state index >= 15 is 0 Å². The predicted octanol–water partition coefficient (Wildman–Crippen LogP) is -0.184. The van der Waals surface area contributed by atoms with E-state index in [1.807, 2.05) is 6.07 Å². The third-order valence-electron chi connectivity index (χ3n) is 3.63. The molecule has 7 nitrogen and oxygen atoms in total. The second-order valence-electron chi connectivity index (χ2n) is 5.60. The van der Waals surface area contributed by atoms with Crippen LogP contribution in [0.4, 0.5) is 0 Å². The van der Waals surface area contributed by atoms with Gasteiger partial charge in [0.05, 0.1) is 30.9 Å². The van der Waals surface area contributed by atoms with E-state index in [0.29, 0.717) is 37.4 Å². The number of nitrogens with two attached hydrogens (primary N) is 1. The van der Waals surface area contributed by atoms with Gasteiger partial charge in [0.2, 0.25) is 5.91 Å². The number of ether oxygens (including phenoxy) is 1. The van der Waals surface area contributed by atoms with Crippen LogP contribution in [0, 0.1) is 11.3 Å². The van der Waals surface area contributed by atoms with Gasteiger partial charge in [-0.05, 0) is 31.3 Å². The van der Waals surface area contributed by atoms with Crippen molar-refractivity contribution in [2.45, 2.75) is 6.10 Å². The summed E-state index contributed by atoms with van der Waals surface area (Å²) < 4.78 is 5.65. The van der Waals surface area contributed by atoms with Crippen LogP contribution >= 0.6 is 0 Å². The Bertz CT molecular complexity index is 609. The molecule has 1 saturated heterocycles. The zero-order chi connectivity index (χ0) is 16.8. The summed E-state index contributed by atoms with van der Waals surface area (Å²) in [6, 6.07) is 8.60. The van der Waals surface area contributed by atoms with Gasteiger partial charge in [0.15, 0.2) is 0 Å². The lowest BCUT2D eigenvalue weighted by atomic mass is 10.1. The number of primary amides is 1. The molecule has 0 aromatic heterocycles. The van der Waals surface area contributed by atoms with E-state index in [-0.39, 0.29) is 18.6 Å². The molecule has 23 heavy (non-hydrogen) atoms. The number of morpholine rings is 1. The second kappa shape index (κ2) is 7.72. The fourth-order valence-corrected chi connectivity index (χ4v) is 2.56. The molecule has 1 fully saturated rings. The van der Waals surface area contributed by atoms with Crippen molar-refractivity contribution in [1.82, 2.24) is 9.80 Å². The summed E-state index contributed by atoms with van der Waals surface area (Å²) in [4.78, 5) is 26.9. The van der Waals surface area contributed by atoms with Crippen LogP contribution in [0.2, 0.25) is 0 Å². The lowest BCUT2D eigenvalue weighted by Gasteiger charge is -2.34. The Morgan fingerprint density at radius 1 is 1.43 bits per heavy atom. The molecule has 1 aromatic rings. The van der Waals surface area contributed by atoms with Gasteiger partial charge in [-0.3, -0.25) is 14.5 Å². The molecule has 2 rings (SSSR count). The highest BCUT2D eigenvalue weighted by molar-refractivity contribution is 5.94. The van der Waals surface area contributed by atoms with Crippen LogP contribution < -0.4 is 5.73 Å². The molecule has 0 unspecified atom stereocenters. The number of carbonyl (C=O) groups excluding carboxylic acids is 2. The number of amides is 2. The molecule has 1 aromatic carbocycles. The Labute approximate surface area is 135 Å². The monoisotopic (exact) mass is 316 g/mol. The number of likely N-dealkylation sites (N-methyl/N-ethyl adjacent to an activating group) is 1. The van der Waals surface area contributed by atoms with Crippen molar-refractivity contribution in [3.8, 4) is 6.07 Å². The molecule has 0 radical (unpaired) electrons. The molecule has 0 aliphatic carbocycles. The zero-order valence-electron chi connectivity index (χ0n) is 13.1. The lowest BCUT2D eigenvalue weighted by molar-refractivity contribution is -0.119. The molecule has 1 atom stereocenters. The average Bonchev–Trinajstić information content (AvgIpc) is 2.53. The third-order valence-corrected chi connectivity index (χ3v) is 3.63. The van der Waals surface area contributed by atoms with Gasteiger partial charge in [0.1, 0.15) is 0 Å². The van der Waals surface area contributed by atoms with Gasteiger partial charge >= 0.3 is 0 Å². The number of benzene rings is 1. The van der Waals surface area contributed by atoms with E-state index in [9.17, 15) is 9.59 Å². The molecule has 1 aliphatic rings. The summed E-state index contributed by atoms with van der Waals surface area (Å²) in [5.74, 6) is -0.478. The normalized spacial score (nSPS) is 17.8. The quantitative estimate of drug-likeness (QED) is 0.812. The van der Waals surface area contributed by atoms with E-state index in [0.717, 1.165) is 0 Å². The van der Waals surface area contributed by atoms with E-state index in [1.54, 1.807) is 41.1 Å². The van der Waals surface area contributed by atoms with Gasteiger partial charge in [-0.2, -0.15) is 5.26 Å². The summed E-state index contributed by atoms with van der Waals surface area (Å²) in [6.45, 7) is 2.12. The van der Waals surface area contributed by atoms with Crippen molar-refractivity contribution < 1.29 is 14.3 Å². The van der Waals surface area contributed by atoms with E-state index < -0.39 is 5.91 Å². The van der Waals surface area contributed by atoms with Gasteiger partial charge in [0.25, 0.3) is 5.91 Å². The molecular formula is C16H20N4O3. The molecule has 2 amide bonds. The molecule has 0 saturated carbocycles. The molecular weight excluding hydrogens is 296 g/mol. The highest BCUT2D eigenvalue weighted by Crippen LogP contribution is 2.12. The summed E-state index contributed by atoms with van der Waals surface area (Å²) in [6.07, 6.45) is -0.157. The number of hydrogen-bond donors (Lipinski definition) is 1. The first-order valence-electron chi connectivity index (χ1n) is 7.37. The van der Waals surface area contributed by atoms with Crippen molar-refractivity contribution in [2.24, 2.45) is 5.73 Å². The van der Waals surface area contributed by atoms with Gasteiger partial charge in [-0.1, -0.05) is 0 Å². The Morgan fingerprint density at radius 3 is 2.74 bits per heavy atom. The van der Waals surface area contributed by atoms with Gasteiger partial charge < -0.3 is 15.4 Å². The summed E-state index contributed by atoms with van der Waals surface area (Å²) in [5.41, 5.74) is 6.24. The largest absolute Gasteiger partial charge is 0.373 e. The Balaban J connectivity index is 1.95. The highest BCUT2D eigenvalue weighted by Gasteiger charge is 2.26. The van der Waals surface area contributed by atoms with Crippen molar-refractivity contribution in [3.63, 3.8) is 0 Å². The van der Waals surface area contributed by atoms with Crippen molar-refractivity contribution in [2.75, 3.05) is 39.8 Å². The van der Waals surface area contributed by atoms with Gasteiger partial charge in [0, 0.05) is 25.2 Å². The molecule has 7 heteroatoms. The summed E-state index contributed by atoms with van der Waals surface area (Å²) in [5, 5.41) is 8.80. The number of rotatable bonds is 5. The maximum atomic E-state index is 12.5. The minimum Gasteiger partial charge on any atom is -0.373 e. The van der Waals surface area contributed by atoms with Crippen LogP contribution in [-0.2, 0) is 9.53 Å². The summed E-state index contributed by atoms with van der Waals surface area (Å²) in [7, 11) is 1.79. The Kier molecular flexibility index (Phi) is 5.68. The molecule has 1 aliphatic heterocycles. The average molecular weight is 316 g/mol. The van der Waals surface area contributed by atoms with Gasteiger partial charge in [-0.15, -0.1) is 0 Å². The topological polar surface area (TPSA) is 99.7 Å². The third kappa shape index (κ3) is 4.77. The standard InChI is InChI=1S/C16H20N4O3/c1-19(11-15(18)21)9-14-10-20(6-7-23-14)16(22)13-4-2-12(8-17)3-5-13/h2-5,14H,6-7,9-11H2,1H3,(H2,18,21)/t14-/m1/s1. The van der Waals surface area contributed by atoms with Crippen LogP contribution in [0.1, 0.15) is 15.9 Å². The maximum Gasteiger partial charge on any atom is 0.254 e. The molecule has 122 valence electrons. The van der Waals surface area contributed by atoms with Gasteiger partial charge in [-0.25, -0.2) is 0 Å². The second-order valence-corrected chi connectivity index (χ2v) is 5.60. The fraction of sp³-hybridized carbons (Fsp3) is 0.438. The smallest absolute Gasteiger partial charge is 0.254 e. The minimum atomic E-state index is -0.395. The first kappa shape index (κ1) is 16.9. The number of nitriles is 1. The SMILES string of the molecule is CN(CC(N)=O)C[C@@H]1CN(C(=O)c2ccc(C#N)cc2)CCO1. The van der Waals surface area contributed by atoms with Crippen molar-refractivity contribution in [1.29, 1.82) is 5.26 Å². The zero-order valence-corrected chi connectivity index (χ0v) is 13.1.